The molecule has 316 valence electrons. The van der Waals surface area contributed by atoms with Crippen molar-refractivity contribution >= 4 is 11.8 Å². The number of hydrogen-bond acceptors (Lipinski definition) is 4. The van der Waals surface area contributed by atoms with Gasteiger partial charge in [-0.25, -0.2) is 0 Å². The lowest BCUT2D eigenvalue weighted by molar-refractivity contribution is -0.289. The molecule has 0 unspecified atom stereocenters. The van der Waals surface area contributed by atoms with Crippen LogP contribution in [0.5, 0.6) is 0 Å². The fraction of sp³-hybridized carbons (Fsp3) is 0.600. The fourth-order valence-corrected chi connectivity index (χ4v) is 10.00. The summed E-state index contributed by atoms with van der Waals surface area (Å²) in [5.41, 5.74) is 6.26. The van der Waals surface area contributed by atoms with Crippen molar-refractivity contribution in [2.75, 3.05) is 0 Å². The van der Waals surface area contributed by atoms with Gasteiger partial charge in [0.2, 0.25) is 0 Å². The van der Waals surface area contributed by atoms with E-state index in [1.54, 1.807) is 0 Å². The Morgan fingerprint density at radius 2 is 0.828 bits per heavy atom. The number of amides is 2. The van der Waals surface area contributed by atoms with Crippen molar-refractivity contribution in [2.45, 2.75) is 193 Å². The van der Waals surface area contributed by atoms with Gasteiger partial charge in [-0.05, 0) is 164 Å². The number of carbonyl (C=O) groups is 2. The van der Waals surface area contributed by atoms with E-state index in [0.717, 1.165) is 36.8 Å². The van der Waals surface area contributed by atoms with Gasteiger partial charge in [0.25, 0.3) is 11.8 Å². The first-order valence-corrected chi connectivity index (χ1v) is 22.2. The second-order valence-electron chi connectivity index (χ2n) is 19.9. The molecule has 2 saturated heterocycles. The first kappa shape index (κ1) is 45.5. The Balaban J connectivity index is 1.42. The summed E-state index contributed by atoms with van der Waals surface area (Å²) in [6.07, 6.45) is 13.7. The fourth-order valence-electron chi connectivity index (χ4n) is 10.00. The number of aryl methyl sites for hydroxylation is 2. The van der Waals surface area contributed by atoms with E-state index in [1.807, 2.05) is 79.7 Å². The van der Waals surface area contributed by atoms with Crippen LogP contribution in [-0.4, -0.2) is 56.2 Å². The molecule has 0 atom stereocenters. The minimum Gasteiger partial charge on any atom is -0.349 e. The Morgan fingerprint density at radius 1 is 0.517 bits per heavy atom. The Morgan fingerprint density at radius 3 is 1.12 bits per heavy atom. The zero-order valence-corrected chi connectivity index (χ0v) is 37.4. The number of hydroxylamine groups is 4. The molecule has 2 fully saturated rings. The highest BCUT2D eigenvalue weighted by Crippen LogP contribution is 2.39. The van der Waals surface area contributed by atoms with Crippen LogP contribution in [-0.2, 0) is 23.3 Å². The first-order valence-electron chi connectivity index (χ1n) is 22.2. The quantitative estimate of drug-likeness (QED) is 0.141. The van der Waals surface area contributed by atoms with Crippen LogP contribution in [0.15, 0.2) is 60.7 Å². The minimum atomic E-state index is -0.555. The van der Waals surface area contributed by atoms with Crippen LogP contribution in [0.4, 0.5) is 0 Å². The predicted molar refractivity (Wildman–Crippen MR) is 235 cm³/mol. The second kappa shape index (κ2) is 18.8. The molecule has 2 N–H and O–H groups in total. The first-order chi connectivity index (χ1) is 27.3. The normalized spacial score (nSPS) is 19.5. The van der Waals surface area contributed by atoms with E-state index in [2.05, 4.69) is 60.9 Å². The van der Waals surface area contributed by atoms with Crippen LogP contribution in [0.2, 0.25) is 0 Å². The molecule has 2 radical (unpaired) electrons. The summed E-state index contributed by atoms with van der Waals surface area (Å²) in [5.74, 6) is -0.209. The van der Waals surface area contributed by atoms with Gasteiger partial charge in [-0.15, -0.1) is 20.5 Å². The molecule has 2 amide bonds. The molecule has 8 nitrogen and oxygen atoms in total. The summed E-state index contributed by atoms with van der Waals surface area (Å²) < 4.78 is 0. The van der Waals surface area contributed by atoms with E-state index in [4.69, 9.17) is 0 Å². The van der Waals surface area contributed by atoms with Crippen molar-refractivity contribution < 1.29 is 20.0 Å². The van der Waals surface area contributed by atoms with Crippen molar-refractivity contribution in [2.24, 2.45) is 0 Å². The largest absolute Gasteiger partial charge is 0.349 e. The molecule has 58 heavy (non-hydrogen) atoms. The monoisotopic (exact) mass is 793 g/mol. The average Bonchev–Trinajstić information content (AvgIpc) is 3.16. The van der Waals surface area contributed by atoms with Gasteiger partial charge in [0, 0.05) is 45.4 Å². The Kier molecular flexibility index (Phi) is 14.7. The third-order valence-corrected chi connectivity index (χ3v) is 12.7. The Labute approximate surface area is 350 Å². The average molecular weight is 793 g/mol. The van der Waals surface area contributed by atoms with Gasteiger partial charge in [-0.1, -0.05) is 88.8 Å². The van der Waals surface area contributed by atoms with Gasteiger partial charge >= 0.3 is 0 Å². The van der Waals surface area contributed by atoms with Crippen LogP contribution in [0.3, 0.4) is 0 Å². The summed E-state index contributed by atoms with van der Waals surface area (Å²) in [4.78, 5) is 27.1. The molecule has 0 bridgehead atoms. The van der Waals surface area contributed by atoms with Gasteiger partial charge in [-0.2, -0.15) is 0 Å². The van der Waals surface area contributed by atoms with Gasteiger partial charge in [0.05, 0.1) is 0 Å². The zero-order chi connectivity index (χ0) is 42.5. The number of unbranched alkanes of at least 4 members (excludes halogenated alkanes) is 6. The van der Waals surface area contributed by atoms with Crippen molar-refractivity contribution in [1.29, 1.82) is 0 Å². The van der Waals surface area contributed by atoms with Crippen LogP contribution in [0.1, 0.15) is 178 Å². The predicted octanol–water partition coefficient (Wildman–Crippen LogP) is 11.5. The lowest BCUT2D eigenvalue weighted by atomic mass is 9.79. The molecule has 8 heteroatoms. The molecular formula is C50H72N4O4. The lowest BCUT2D eigenvalue weighted by Crippen LogP contribution is -2.62. The molecule has 3 aromatic rings. The summed E-state index contributed by atoms with van der Waals surface area (Å²) in [7, 11) is 0. The number of rotatable bonds is 16. The maximum absolute atomic E-state index is 13.5. The maximum atomic E-state index is 13.5. The molecule has 0 aromatic heterocycles. The molecule has 0 aliphatic carbocycles. The second-order valence-corrected chi connectivity index (χ2v) is 19.9. The summed E-state index contributed by atoms with van der Waals surface area (Å²) in [6.45, 7) is 20.1. The molecule has 5 rings (SSSR count). The van der Waals surface area contributed by atoms with Crippen LogP contribution < -0.4 is 10.6 Å². The Hall–Kier alpha value is -3.56. The number of piperidine rings is 2. The molecule has 2 heterocycles. The third-order valence-electron chi connectivity index (χ3n) is 12.7. The number of nitrogens with one attached hydrogen (secondary N) is 2. The van der Waals surface area contributed by atoms with Gasteiger partial charge < -0.3 is 10.6 Å². The van der Waals surface area contributed by atoms with Crippen molar-refractivity contribution in [3.8, 4) is 22.3 Å². The van der Waals surface area contributed by atoms with Crippen molar-refractivity contribution in [1.82, 2.24) is 20.8 Å². The van der Waals surface area contributed by atoms with E-state index in [9.17, 15) is 20.0 Å². The number of benzene rings is 3. The van der Waals surface area contributed by atoms with Crippen LogP contribution in [0, 0.1) is 0 Å². The van der Waals surface area contributed by atoms with Gasteiger partial charge in [-0.3, -0.25) is 9.59 Å². The lowest BCUT2D eigenvalue weighted by Gasteiger charge is -2.50. The molecule has 2 aliphatic rings. The van der Waals surface area contributed by atoms with Gasteiger partial charge in [0.15, 0.2) is 0 Å². The molecule has 2 aliphatic heterocycles. The molecule has 3 aromatic carbocycles. The molecule has 0 saturated carbocycles. The highest BCUT2D eigenvalue weighted by Gasteiger charge is 2.47. The number of hydrogen-bond donors (Lipinski definition) is 2. The van der Waals surface area contributed by atoms with E-state index in [-0.39, 0.29) is 23.9 Å². The summed E-state index contributed by atoms with van der Waals surface area (Å²) in [6, 6.07) is 20.7. The summed E-state index contributed by atoms with van der Waals surface area (Å²) in [5, 5.41) is 34.7. The van der Waals surface area contributed by atoms with Crippen molar-refractivity contribution in [3.05, 3.63) is 82.9 Å². The molecule has 0 spiro atoms. The van der Waals surface area contributed by atoms with E-state index < -0.39 is 22.2 Å². The van der Waals surface area contributed by atoms with Crippen LogP contribution >= 0.6 is 0 Å². The highest BCUT2D eigenvalue weighted by atomic mass is 16.5. The zero-order valence-electron chi connectivity index (χ0n) is 37.4. The number of carbonyl (C=O) groups excluding carboxylic acids is 2. The SMILES string of the molecule is CCCCCCc1cc(-c2ccc(C(=O)NC3CC(C)(C)N([O])C(C)(C)C3)cc2)c(CCCCCC)cc1-c1ccc(C(=O)NC2CC(C)(C)N([O])C(C)(C)C2)cc1. The highest BCUT2D eigenvalue weighted by molar-refractivity contribution is 5.96. The van der Waals surface area contributed by atoms with Gasteiger partial charge in [0.1, 0.15) is 0 Å². The van der Waals surface area contributed by atoms with Crippen molar-refractivity contribution in [3.63, 3.8) is 0 Å². The topological polar surface area (TPSA) is 104 Å². The summed E-state index contributed by atoms with van der Waals surface area (Å²) >= 11 is 0. The van der Waals surface area contributed by atoms with E-state index in [1.165, 1.54) is 70.9 Å². The van der Waals surface area contributed by atoms with Crippen LogP contribution in [0.25, 0.3) is 22.3 Å². The smallest absolute Gasteiger partial charge is 0.251 e. The third kappa shape index (κ3) is 11.0. The molecular weight excluding hydrogens is 721 g/mol. The van der Waals surface area contributed by atoms with E-state index in [0.29, 0.717) is 36.8 Å². The number of nitrogens with zero attached hydrogens (tertiary/aromatic N) is 2. The Bertz CT molecular complexity index is 1670. The maximum Gasteiger partial charge on any atom is 0.251 e. The van der Waals surface area contributed by atoms with E-state index >= 15 is 0 Å². The standard InChI is InChI=1S/C50H72N4O4/c1-11-13-15-17-19-39-29-44(36-23-27-38(28-24-36)46(56)52-42-33-49(7,8)54(58)50(9,10)34-42)40(20-18-16-14-12-2)30-43(39)35-21-25-37(26-22-35)45(55)51-41-31-47(3,4)53(57)48(5,6)32-41/h21-30,41-42H,11-20,31-34H2,1-10H3,(H,51,55)(H,52,56). The minimum absolute atomic E-state index is 0.0776.